The minimum Gasteiger partial charge on any atom is -0.385 e. The monoisotopic (exact) mass is 164 g/mol. The van der Waals surface area contributed by atoms with Crippen molar-refractivity contribution in [3.63, 3.8) is 0 Å². The number of fused-ring (bicyclic) bond motifs is 2. The van der Waals surface area contributed by atoms with Crippen molar-refractivity contribution < 1.29 is 5.11 Å². The quantitative estimate of drug-likeness (QED) is 0.589. The molecular weight excluding hydrogens is 148 g/mol. The van der Waals surface area contributed by atoms with E-state index in [0.717, 1.165) is 19.3 Å². The van der Waals surface area contributed by atoms with Crippen molar-refractivity contribution in [1.29, 1.82) is 0 Å². The van der Waals surface area contributed by atoms with Gasteiger partial charge in [-0.1, -0.05) is 25.2 Å². The molecule has 0 aromatic carbocycles. The van der Waals surface area contributed by atoms with Crippen LogP contribution in [0.25, 0.3) is 0 Å². The van der Waals surface area contributed by atoms with Crippen molar-refractivity contribution in [2.45, 2.75) is 31.8 Å². The van der Waals surface area contributed by atoms with E-state index in [9.17, 15) is 5.11 Å². The molecule has 12 heavy (non-hydrogen) atoms. The Bertz CT molecular complexity index is 241. The van der Waals surface area contributed by atoms with E-state index in [1.165, 1.54) is 0 Å². The second-order valence-electron chi connectivity index (χ2n) is 4.41. The highest BCUT2D eigenvalue weighted by atomic mass is 16.3. The van der Waals surface area contributed by atoms with Gasteiger partial charge in [0.1, 0.15) is 0 Å². The zero-order valence-electron chi connectivity index (χ0n) is 7.59. The molecule has 0 unspecified atom stereocenters. The van der Waals surface area contributed by atoms with Crippen LogP contribution in [-0.2, 0) is 0 Å². The summed E-state index contributed by atoms with van der Waals surface area (Å²) in [5.41, 5.74) is -0.700. The molecule has 0 spiro atoms. The van der Waals surface area contributed by atoms with Gasteiger partial charge in [-0.15, -0.1) is 6.58 Å². The van der Waals surface area contributed by atoms with Gasteiger partial charge >= 0.3 is 0 Å². The van der Waals surface area contributed by atoms with E-state index in [-0.39, 0.29) is 5.41 Å². The molecule has 0 amide bonds. The van der Waals surface area contributed by atoms with Crippen molar-refractivity contribution >= 4 is 0 Å². The number of hydrogen-bond acceptors (Lipinski definition) is 1. The average Bonchev–Trinajstić information content (AvgIpc) is 2.40. The van der Waals surface area contributed by atoms with Crippen LogP contribution in [0.15, 0.2) is 24.8 Å². The molecule has 1 saturated carbocycles. The van der Waals surface area contributed by atoms with Gasteiger partial charge in [0.2, 0.25) is 0 Å². The van der Waals surface area contributed by atoms with Crippen molar-refractivity contribution in [3.05, 3.63) is 24.8 Å². The van der Waals surface area contributed by atoms with Crippen LogP contribution >= 0.6 is 0 Å². The summed E-state index contributed by atoms with van der Waals surface area (Å²) < 4.78 is 0. The number of rotatable bonds is 1. The molecule has 1 fully saturated rings. The highest BCUT2D eigenvalue weighted by Crippen LogP contribution is 2.52. The predicted octanol–water partition coefficient (Wildman–Crippen LogP) is 2.28. The van der Waals surface area contributed by atoms with Gasteiger partial charge in [-0.05, 0) is 25.2 Å². The van der Waals surface area contributed by atoms with Gasteiger partial charge in [0.05, 0.1) is 5.60 Å². The summed E-state index contributed by atoms with van der Waals surface area (Å²) in [6.45, 7) is 5.86. The lowest BCUT2D eigenvalue weighted by Gasteiger charge is -2.43. The summed E-state index contributed by atoms with van der Waals surface area (Å²) in [7, 11) is 0. The topological polar surface area (TPSA) is 20.2 Å². The molecule has 0 aromatic rings. The number of aliphatic hydroxyl groups is 1. The Morgan fingerprint density at radius 2 is 2.42 bits per heavy atom. The molecular formula is C11H16O. The van der Waals surface area contributed by atoms with Crippen LogP contribution in [0.2, 0.25) is 0 Å². The van der Waals surface area contributed by atoms with Gasteiger partial charge in [-0.3, -0.25) is 0 Å². The van der Waals surface area contributed by atoms with Crippen LogP contribution in [0.5, 0.6) is 0 Å². The Balaban J connectivity index is 2.38. The van der Waals surface area contributed by atoms with Crippen LogP contribution in [0.4, 0.5) is 0 Å². The molecule has 1 nitrogen and oxygen atoms in total. The third kappa shape index (κ3) is 0.831. The smallest absolute Gasteiger partial charge is 0.0913 e. The van der Waals surface area contributed by atoms with Gasteiger partial charge in [0, 0.05) is 5.41 Å². The van der Waals surface area contributed by atoms with Crippen molar-refractivity contribution in [2.75, 3.05) is 0 Å². The fourth-order valence-corrected chi connectivity index (χ4v) is 2.57. The summed E-state index contributed by atoms with van der Waals surface area (Å²) in [5.74, 6) is 0.704. The fraction of sp³-hybridized carbons (Fsp3) is 0.636. The summed E-state index contributed by atoms with van der Waals surface area (Å²) in [6.07, 6.45) is 9.21. The first-order chi connectivity index (χ1) is 5.60. The van der Waals surface area contributed by atoms with Crippen LogP contribution in [0.3, 0.4) is 0 Å². The van der Waals surface area contributed by atoms with Gasteiger partial charge in [0.25, 0.3) is 0 Å². The summed E-state index contributed by atoms with van der Waals surface area (Å²) in [4.78, 5) is 0. The molecule has 2 bridgehead atoms. The summed E-state index contributed by atoms with van der Waals surface area (Å²) in [6, 6.07) is 0. The number of hydrogen-bond donors (Lipinski definition) is 1. The van der Waals surface area contributed by atoms with Gasteiger partial charge < -0.3 is 5.11 Å². The van der Waals surface area contributed by atoms with Gasteiger partial charge in [-0.25, -0.2) is 0 Å². The molecule has 1 N–H and O–H groups in total. The normalized spacial score (nSPS) is 51.0. The standard InChI is InChI=1S/C11H16O/c1-3-11(12)7-5-9-4-6-10(11,2)8-9/h3-4,6,9,12H,1,5,7-8H2,2H3/t9-,10-,11-/m0/s1. The molecule has 66 valence electrons. The van der Waals surface area contributed by atoms with Gasteiger partial charge in [-0.2, -0.15) is 0 Å². The maximum absolute atomic E-state index is 10.3. The lowest BCUT2D eigenvalue weighted by atomic mass is 9.65. The second kappa shape index (κ2) is 2.23. The third-order valence-corrected chi connectivity index (χ3v) is 3.65. The minimum absolute atomic E-state index is 0.0440. The van der Waals surface area contributed by atoms with E-state index >= 15 is 0 Å². The Labute approximate surface area is 73.8 Å². The van der Waals surface area contributed by atoms with Crippen LogP contribution in [-0.4, -0.2) is 10.7 Å². The first-order valence-electron chi connectivity index (χ1n) is 4.65. The SMILES string of the molecule is C=C[C@]1(O)CC[C@@H]2C=C[C@@]1(C)C2. The average molecular weight is 164 g/mol. The van der Waals surface area contributed by atoms with Crippen LogP contribution in [0, 0.1) is 11.3 Å². The molecule has 0 heterocycles. The maximum Gasteiger partial charge on any atom is 0.0913 e. The summed E-state index contributed by atoms with van der Waals surface area (Å²) >= 11 is 0. The molecule has 2 rings (SSSR count). The molecule has 2 aliphatic rings. The van der Waals surface area contributed by atoms with Crippen molar-refractivity contribution in [1.82, 2.24) is 0 Å². The minimum atomic E-state index is -0.656. The van der Waals surface area contributed by atoms with E-state index in [1.807, 2.05) is 0 Å². The molecule has 2 aliphatic carbocycles. The van der Waals surface area contributed by atoms with E-state index < -0.39 is 5.60 Å². The third-order valence-electron chi connectivity index (χ3n) is 3.65. The lowest BCUT2D eigenvalue weighted by molar-refractivity contribution is -0.0406. The molecule has 0 aromatic heterocycles. The highest BCUT2D eigenvalue weighted by Gasteiger charge is 2.49. The zero-order valence-corrected chi connectivity index (χ0v) is 7.59. The first-order valence-corrected chi connectivity index (χ1v) is 4.65. The Morgan fingerprint density at radius 1 is 1.67 bits per heavy atom. The molecule has 0 aliphatic heterocycles. The van der Waals surface area contributed by atoms with E-state index in [0.29, 0.717) is 5.92 Å². The van der Waals surface area contributed by atoms with Crippen LogP contribution < -0.4 is 0 Å². The van der Waals surface area contributed by atoms with Crippen LogP contribution in [0.1, 0.15) is 26.2 Å². The Kier molecular flexibility index (Phi) is 1.50. The number of allylic oxidation sites excluding steroid dienone is 1. The largest absolute Gasteiger partial charge is 0.385 e. The second-order valence-corrected chi connectivity index (χ2v) is 4.41. The van der Waals surface area contributed by atoms with E-state index in [4.69, 9.17) is 0 Å². The van der Waals surface area contributed by atoms with Crippen molar-refractivity contribution in [2.24, 2.45) is 11.3 Å². The molecule has 3 atom stereocenters. The molecule has 1 heteroatoms. The van der Waals surface area contributed by atoms with E-state index in [2.05, 4.69) is 25.7 Å². The molecule has 0 radical (unpaired) electrons. The fourth-order valence-electron chi connectivity index (χ4n) is 2.57. The Morgan fingerprint density at radius 3 is 3.08 bits per heavy atom. The Hall–Kier alpha value is -0.560. The molecule has 0 saturated heterocycles. The lowest BCUT2D eigenvalue weighted by Crippen LogP contribution is -2.45. The maximum atomic E-state index is 10.3. The van der Waals surface area contributed by atoms with Gasteiger partial charge in [0.15, 0.2) is 0 Å². The van der Waals surface area contributed by atoms with Crippen molar-refractivity contribution in [3.8, 4) is 0 Å². The zero-order chi connectivity index (χ0) is 8.82. The summed E-state index contributed by atoms with van der Waals surface area (Å²) in [5, 5.41) is 10.3. The predicted molar refractivity (Wildman–Crippen MR) is 49.7 cm³/mol. The van der Waals surface area contributed by atoms with E-state index in [1.54, 1.807) is 6.08 Å². The first kappa shape index (κ1) is 8.06. The highest BCUT2D eigenvalue weighted by molar-refractivity contribution is 5.24.